The molecule has 1 unspecified atom stereocenters. The van der Waals surface area contributed by atoms with Crippen LogP contribution in [-0.2, 0) is 34.7 Å². The number of likely N-dealkylation sites (tertiary alicyclic amines) is 1. The van der Waals surface area contributed by atoms with Crippen molar-refractivity contribution in [1.29, 1.82) is 0 Å². The molecule has 0 radical (unpaired) electrons. The van der Waals surface area contributed by atoms with E-state index in [1.54, 1.807) is 11.1 Å². The molecule has 2 saturated heterocycles. The van der Waals surface area contributed by atoms with E-state index >= 15 is 0 Å². The Morgan fingerprint density at radius 1 is 1.02 bits per heavy atom. The molecule has 4 aliphatic rings. The van der Waals surface area contributed by atoms with Gasteiger partial charge >= 0.3 is 0 Å². The summed E-state index contributed by atoms with van der Waals surface area (Å²) in [4.78, 5) is 45.6. The van der Waals surface area contributed by atoms with E-state index in [2.05, 4.69) is 45.5 Å². The van der Waals surface area contributed by atoms with Gasteiger partial charge in [0.2, 0.25) is 17.7 Å². The summed E-state index contributed by atoms with van der Waals surface area (Å²) in [5, 5.41) is 2.37. The SMILES string of the molecule is O=C1CCC(N2Cc3c(ccc4c3OCC43CCN(Cc4cccc(COc5ccccn5)c4)CC3)C2=O)C(=O)N1. The van der Waals surface area contributed by atoms with Crippen LogP contribution < -0.4 is 14.8 Å². The van der Waals surface area contributed by atoms with Crippen LogP contribution >= 0.6 is 0 Å². The summed E-state index contributed by atoms with van der Waals surface area (Å²) < 4.78 is 12.2. The highest BCUT2D eigenvalue weighted by Gasteiger charge is 2.47. The third kappa shape index (κ3) is 4.74. The quantitative estimate of drug-likeness (QED) is 0.468. The highest BCUT2D eigenvalue weighted by Crippen LogP contribution is 2.49. The molecule has 1 N–H and O–H groups in total. The first-order valence-electron chi connectivity index (χ1n) is 14.3. The molecule has 7 rings (SSSR count). The molecule has 3 aromatic rings. The lowest BCUT2D eigenvalue weighted by atomic mass is 9.74. The lowest BCUT2D eigenvalue weighted by Gasteiger charge is -2.38. The van der Waals surface area contributed by atoms with Crippen molar-refractivity contribution in [1.82, 2.24) is 20.1 Å². The Balaban J connectivity index is 1.01. The number of fused-ring (bicyclic) bond motifs is 4. The summed E-state index contributed by atoms with van der Waals surface area (Å²) in [6.45, 7) is 4.22. The number of pyridine rings is 1. The topological polar surface area (TPSA) is 101 Å². The molecule has 0 bridgehead atoms. The molecule has 1 atom stereocenters. The van der Waals surface area contributed by atoms with Gasteiger partial charge in [-0.05, 0) is 55.6 Å². The van der Waals surface area contributed by atoms with Crippen LogP contribution in [0, 0.1) is 0 Å². The number of hydrogen-bond donors (Lipinski definition) is 1. The molecule has 9 nitrogen and oxygen atoms in total. The third-order valence-corrected chi connectivity index (χ3v) is 8.97. The summed E-state index contributed by atoms with van der Waals surface area (Å²) >= 11 is 0. The summed E-state index contributed by atoms with van der Waals surface area (Å²) in [6, 6.07) is 17.5. The van der Waals surface area contributed by atoms with Gasteiger partial charge < -0.3 is 14.4 Å². The van der Waals surface area contributed by atoms with Crippen LogP contribution in [-0.4, -0.2) is 58.2 Å². The summed E-state index contributed by atoms with van der Waals surface area (Å²) in [5.74, 6) is 0.603. The highest BCUT2D eigenvalue weighted by molar-refractivity contribution is 6.05. The number of rotatable bonds is 6. The minimum absolute atomic E-state index is 0.0651. The number of nitrogens with one attached hydrogen (secondary N) is 1. The largest absolute Gasteiger partial charge is 0.492 e. The van der Waals surface area contributed by atoms with Crippen LogP contribution in [0.5, 0.6) is 11.6 Å². The van der Waals surface area contributed by atoms with Crippen molar-refractivity contribution < 1.29 is 23.9 Å². The number of carbonyl (C=O) groups is 3. The Kier molecular flexibility index (Phi) is 6.46. The number of aromatic nitrogens is 1. The average molecular weight is 553 g/mol. The van der Waals surface area contributed by atoms with Crippen molar-refractivity contribution in [2.45, 2.75) is 56.8 Å². The Hall–Kier alpha value is -4.24. The number of piperidine rings is 2. The van der Waals surface area contributed by atoms with E-state index in [4.69, 9.17) is 9.47 Å². The number of benzene rings is 2. The maximum Gasteiger partial charge on any atom is 0.255 e. The van der Waals surface area contributed by atoms with E-state index in [1.807, 2.05) is 24.3 Å². The fourth-order valence-electron chi connectivity index (χ4n) is 6.70. The maximum atomic E-state index is 13.2. The zero-order valence-electron chi connectivity index (χ0n) is 22.8. The molecule has 1 aromatic heterocycles. The van der Waals surface area contributed by atoms with Crippen LogP contribution in [0.25, 0.3) is 0 Å². The molecule has 9 heteroatoms. The zero-order valence-corrected chi connectivity index (χ0v) is 22.8. The Labute approximate surface area is 238 Å². The monoisotopic (exact) mass is 552 g/mol. The van der Waals surface area contributed by atoms with Crippen molar-refractivity contribution >= 4 is 17.7 Å². The maximum absolute atomic E-state index is 13.2. The minimum atomic E-state index is -0.623. The molecule has 41 heavy (non-hydrogen) atoms. The fourth-order valence-corrected chi connectivity index (χ4v) is 6.70. The second kappa shape index (κ2) is 10.3. The predicted molar refractivity (Wildman–Crippen MR) is 149 cm³/mol. The Morgan fingerprint density at radius 2 is 1.88 bits per heavy atom. The summed E-state index contributed by atoms with van der Waals surface area (Å²) in [7, 11) is 0. The van der Waals surface area contributed by atoms with Gasteiger partial charge in [-0.3, -0.25) is 24.6 Å². The van der Waals surface area contributed by atoms with Gasteiger partial charge in [0.25, 0.3) is 5.91 Å². The van der Waals surface area contributed by atoms with Crippen molar-refractivity contribution in [3.8, 4) is 11.6 Å². The summed E-state index contributed by atoms with van der Waals surface area (Å²) in [6.07, 6.45) is 4.28. The molecule has 1 spiro atoms. The van der Waals surface area contributed by atoms with E-state index in [1.165, 1.54) is 11.1 Å². The smallest absolute Gasteiger partial charge is 0.255 e. The van der Waals surface area contributed by atoms with E-state index < -0.39 is 11.9 Å². The lowest BCUT2D eigenvalue weighted by Crippen LogP contribution is -2.52. The number of hydrogen-bond acceptors (Lipinski definition) is 7. The molecule has 5 heterocycles. The van der Waals surface area contributed by atoms with Crippen molar-refractivity contribution in [3.05, 3.63) is 88.6 Å². The van der Waals surface area contributed by atoms with Gasteiger partial charge in [-0.25, -0.2) is 4.98 Å². The first kappa shape index (κ1) is 25.7. The fraction of sp³-hybridized carbons (Fsp3) is 0.375. The number of nitrogens with zero attached hydrogens (tertiary/aromatic N) is 3. The van der Waals surface area contributed by atoms with Crippen LogP contribution in [0.4, 0.5) is 0 Å². The first-order chi connectivity index (χ1) is 20.0. The van der Waals surface area contributed by atoms with Crippen molar-refractivity contribution in [2.75, 3.05) is 19.7 Å². The number of imide groups is 1. The first-order valence-corrected chi connectivity index (χ1v) is 14.3. The van der Waals surface area contributed by atoms with Gasteiger partial charge in [-0.15, -0.1) is 0 Å². The second-order valence-corrected chi connectivity index (χ2v) is 11.5. The van der Waals surface area contributed by atoms with Crippen molar-refractivity contribution in [2.24, 2.45) is 0 Å². The van der Waals surface area contributed by atoms with Gasteiger partial charge in [0.05, 0.1) is 13.2 Å². The van der Waals surface area contributed by atoms with Gasteiger partial charge in [0.1, 0.15) is 18.4 Å². The standard InChI is InChI=1S/C32H32N4O5/c37-27-10-9-26(30(38)34-27)36-18-24-23(31(36)39)7-8-25-29(24)41-20-32(25)11-14-35(15-12-32)17-21-4-3-5-22(16-21)19-40-28-6-1-2-13-33-28/h1-8,13,16,26H,9-12,14-15,17-20H2,(H,34,37,38). The molecular formula is C32H32N4O5. The average Bonchev–Trinajstić information content (AvgIpc) is 3.52. The van der Waals surface area contributed by atoms with Crippen LogP contribution in [0.15, 0.2) is 60.8 Å². The molecule has 210 valence electrons. The molecule has 2 fully saturated rings. The zero-order chi connectivity index (χ0) is 28.0. The van der Waals surface area contributed by atoms with E-state index in [-0.39, 0.29) is 23.7 Å². The Morgan fingerprint density at radius 3 is 2.68 bits per heavy atom. The summed E-state index contributed by atoms with van der Waals surface area (Å²) in [5.41, 5.74) is 4.98. The molecule has 4 aliphatic heterocycles. The van der Waals surface area contributed by atoms with Gasteiger partial charge in [-0.2, -0.15) is 0 Å². The molecule has 2 aromatic carbocycles. The van der Waals surface area contributed by atoms with E-state index in [9.17, 15) is 14.4 Å². The number of amides is 3. The predicted octanol–water partition coefficient (Wildman–Crippen LogP) is 3.35. The Bertz CT molecular complexity index is 1520. The highest BCUT2D eigenvalue weighted by atomic mass is 16.5. The number of ether oxygens (including phenoxy) is 2. The van der Waals surface area contributed by atoms with Gasteiger partial charge in [0.15, 0.2) is 0 Å². The molecule has 0 saturated carbocycles. The minimum Gasteiger partial charge on any atom is -0.492 e. The van der Waals surface area contributed by atoms with E-state index in [0.717, 1.165) is 49.4 Å². The second-order valence-electron chi connectivity index (χ2n) is 11.5. The van der Waals surface area contributed by atoms with Crippen LogP contribution in [0.1, 0.15) is 58.3 Å². The van der Waals surface area contributed by atoms with Crippen LogP contribution in [0.2, 0.25) is 0 Å². The van der Waals surface area contributed by atoms with E-state index in [0.29, 0.717) is 37.6 Å². The molecule has 0 aliphatic carbocycles. The third-order valence-electron chi connectivity index (χ3n) is 8.97. The molecule has 3 amide bonds. The number of carbonyl (C=O) groups excluding carboxylic acids is 3. The van der Waals surface area contributed by atoms with Crippen molar-refractivity contribution in [3.63, 3.8) is 0 Å². The van der Waals surface area contributed by atoms with Gasteiger partial charge in [-0.1, -0.05) is 36.4 Å². The molecular weight excluding hydrogens is 520 g/mol. The normalized spacial score (nSPS) is 21.4. The van der Waals surface area contributed by atoms with Crippen LogP contribution in [0.3, 0.4) is 0 Å². The van der Waals surface area contributed by atoms with Gasteiger partial charge in [0, 0.05) is 47.3 Å². The lowest BCUT2D eigenvalue weighted by molar-refractivity contribution is -0.136.